The van der Waals surface area contributed by atoms with E-state index < -0.39 is 0 Å². The molecular weight excluding hydrogens is 205 g/mol. The second kappa shape index (κ2) is 4.83. The van der Waals surface area contributed by atoms with Crippen LogP contribution in [0.5, 0.6) is 5.75 Å². The summed E-state index contributed by atoms with van der Waals surface area (Å²) in [5, 5.41) is 0. The van der Waals surface area contributed by atoms with E-state index in [9.17, 15) is 4.39 Å². The van der Waals surface area contributed by atoms with E-state index in [1.165, 1.54) is 0 Å². The minimum Gasteiger partial charge on any atom is -0.491 e. The van der Waals surface area contributed by atoms with Crippen LogP contribution in [-0.4, -0.2) is 12.6 Å². The summed E-state index contributed by atoms with van der Waals surface area (Å²) in [5.41, 5.74) is 6.72. The van der Waals surface area contributed by atoms with Crippen LogP contribution in [0.25, 0.3) is 0 Å². The predicted octanol–water partition coefficient (Wildman–Crippen LogP) is 2.82. The van der Waals surface area contributed by atoms with Gasteiger partial charge in [0.2, 0.25) is 0 Å². The first-order valence-corrected chi connectivity index (χ1v) is 5.90. The zero-order chi connectivity index (χ0) is 11.5. The Morgan fingerprint density at radius 2 is 2.25 bits per heavy atom. The normalized spacial score (nSPS) is 23.2. The molecule has 0 bridgehead atoms. The highest BCUT2D eigenvalue weighted by Crippen LogP contribution is 2.39. The summed E-state index contributed by atoms with van der Waals surface area (Å²) in [6.45, 7) is 2.66. The van der Waals surface area contributed by atoms with E-state index in [0.29, 0.717) is 18.3 Å². The van der Waals surface area contributed by atoms with Gasteiger partial charge in [-0.2, -0.15) is 0 Å². The zero-order valence-electron chi connectivity index (χ0n) is 9.58. The predicted molar refractivity (Wildman–Crippen MR) is 62.1 cm³/mol. The molecule has 1 fully saturated rings. The first kappa shape index (κ1) is 11.4. The Bertz CT molecular complexity index is 367. The third kappa shape index (κ3) is 2.53. The molecule has 0 amide bonds. The average molecular weight is 223 g/mol. The second-order valence-electron chi connectivity index (χ2n) is 4.40. The molecule has 1 aromatic rings. The van der Waals surface area contributed by atoms with Crippen LogP contribution in [0.3, 0.4) is 0 Å². The van der Waals surface area contributed by atoms with Crippen LogP contribution < -0.4 is 10.5 Å². The molecule has 0 aliphatic heterocycles. The fourth-order valence-corrected chi connectivity index (χ4v) is 1.79. The van der Waals surface area contributed by atoms with E-state index >= 15 is 0 Å². The summed E-state index contributed by atoms with van der Waals surface area (Å²) >= 11 is 0. The summed E-state index contributed by atoms with van der Waals surface area (Å²) < 4.78 is 19.0. The molecule has 2 N–H and O–H groups in total. The number of benzene rings is 1. The van der Waals surface area contributed by atoms with Crippen molar-refractivity contribution in [1.29, 1.82) is 0 Å². The third-order valence-electron chi connectivity index (χ3n) is 2.98. The number of hydrogen-bond acceptors (Lipinski definition) is 2. The molecule has 0 spiro atoms. The van der Waals surface area contributed by atoms with E-state index in [0.717, 1.165) is 24.8 Å². The summed E-state index contributed by atoms with van der Waals surface area (Å²) in [6, 6.07) is 5.40. The van der Waals surface area contributed by atoms with Crippen LogP contribution in [0, 0.1) is 5.82 Å². The van der Waals surface area contributed by atoms with Crippen LogP contribution in [0.1, 0.15) is 37.7 Å². The smallest absolute Gasteiger partial charge is 0.165 e. The van der Waals surface area contributed by atoms with E-state index in [1.54, 1.807) is 12.1 Å². The monoisotopic (exact) mass is 223 g/mol. The molecule has 1 aromatic carbocycles. The standard InChI is InChI=1S/C13H18FNO/c1-2-3-6-16-13-5-4-9(7-11(13)14)10-8-12(10)15/h4-5,7,10,12H,2-3,6,8,15H2,1H3. The second-order valence-corrected chi connectivity index (χ2v) is 4.40. The first-order valence-electron chi connectivity index (χ1n) is 5.90. The van der Waals surface area contributed by atoms with Crippen molar-refractivity contribution in [2.75, 3.05) is 6.61 Å². The lowest BCUT2D eigenvalue weighted by Crippen LogP contribution is -2.02. The molecule has 1 saturated carbocycles. The first-order chi connectivity index (χ1) is 7.72. The molecular formula is C13H18FNO. The molecule has 3 heteroatoms. The topological polar surface area (TPSA) is 35.2 Å². The Kier molecular flexibility index (Phi) is 3.44. The van der Waals surface area contributed by atoms with Gasteiger partial charge in [-0.05, 0) is 30.5 Å². The number of nitrogens with two attached hydrogens (primary N) is 1. The van der Waals surface area contributed by atoms with E-state index in [2.05, 4.69) is 6.92 Å². The molecule has 0 aromatic heterocycles. The summed E-state index contributed by atoms with van der Waals surface area (Å²) in [5.74, 6) is 0.429. The summed E-state index contributed by atoms with van der Waals surface area (Å²) in [6.07, 6.45) is 2.97. The maximum Gasteiger partial charge on any atom is 0.165 e. The van der Waals surface area contributed by atoms with Crippen LogP contribution in [0.4, 0.5) is 4.39 Å². The van der Waals surface area contributed by atoms with E-state index in [4.69, 9.17) is 10.5 Å². The van der Waals surface area contributed by atoms with Crippen LogP contribution in [-0.2, 0) is 0 Å². The highest BCUT2D eigenvalue weighted by atomic mass is 19.1. The van der Waals surface area contributed by atoms with Crippen molar-refractivity contribution < 1.29 is 9.13 Å². The van der Waals surface area contributed by atoms with E-state index in [1.807, 2.05) is 6.07 Å². The van der Waals surface area contributed by atoms with Gasteiger partial charge in [-0.1, -0.05) is 19.4 Å². The Labute approximate surface area is 95.6 Å². The minimum absolute atomic E-state index is 0.214. The van der Waals surface area contributed by atoms with Crippen molar-refractivity contribution in [2.24, 2.45) is 5.73 Å². The number of ether oxygens (including phenoxy) is 1. The molecule has 2 rings (SSSR count). The Morgan fingerprint density at radius 3 is 2.81 bits per heavy atom. The minimum atomic E-state index is -0.271. The highest BCUT2D eigenvalue weighted by molar-refractivity contribution is 5.34. The van der Waals surface area contributed by atoms with Crippen molar-refractivity contribution in [3.05, 3.63) is 29.6 Å². The van der Waals surface area contributed by atoms with Gasteiger partial charge in [-0.3, -0.25) is 0 Å². The van der Waals surface area contributed by atoms with Gasteiger partial charge in [0.15, 0.2) is 11.6 Å². The van der Waals surface area contributed by atoms with Crippen molar-refractivity contribution in [3.8, 4) is 5.75 Å². The van der Waals surface area contributed by atoms with Crippen molar-refractivity contribution >= 4 is 0 Å². The van der Waals surface area contributed by atoms with Crippen LogP contribution in [0.15, 0.2) is 18.2 Å². The van der Waals surface area contributed by atoms with Gasteiger partial charge in [0, 0.05) is 12.0 Å². The lowest BCUT2D eigenvalue weighted by Gasteiger charge is -2.07. The highest BCUT2D eigenvalue weighted by Gasteiger charge is 2.35. The summed E-state index contributed by atoms with van der Waals surface area (Å²) in [4.78, 5) is 0. The Balaban J connectivity index is 1.99. The van der Waals surface area contributed by atoms with Gasteiger partial charge in [0.1, 0.15) is 0 Å². The van der Waals surface area contributed by atoms with Gasteiger partial charge >= 0.3 is 0 Å². The lowest BCUT2D eigenvalue weighted by molar-refractivity contribution is 0.294. The average Bonchev–Trinajstić information content (AvgIpc) is 2.98. The van der Waals surface area contributed by atoms with Crippen molar-refractivity contribution in [3.63, 3.8) is 0 Å². The van der Waals surface area contributed by atoms with Gasteiger partial charge in [-0.15, -0.1) is 0 Å². The van der Waals surface area contributed by atoms with Gasteiger partial charge < -0.3 is 10.5 Å². The Hall–Kier alpha value is -1.09. The molecule has 2 atom stereocenters. The molecule has 2 unspecified atom stereocenters. The number of rotatable bonds is 5. The zero-order valence-corrected chi connectivity index (χ0v) is 9.58. The fraction of sp³-hybridized carbons (Fsp3) is 0.538. The maximum atomic E-state index is 13.6. The molecule has 1 aliphatic rings. The van der Waals surface area contributed by atoms with E-state index in [-0.39, 0.29) is 11.9 Å². The van der Waals surface area contributed by atoms with Gasteiger partial charge in [-0.25, -0.2) is 4.39 Å². The van der Waals surface area contributed by atoms with Gasteiger partial charge in [0.05, 0.1) is 6.61 Å². The molecule has 16 heavy (non-hydrogen) atoms. The number of halogens is 1. The fourth-order valence-electron chi connectivity index (χ4n) is 1.79. The maximum absolute atomic E-state index is 13.6. The van der Waals surface area contributed by atoms with Crippen molar-refractivity contribution in [2.45, 2.75) is 38.1 Å². The summed E-state index contributed by atoms with van der Waals surface area (Å²) in [7, 11) is 0. The van der Waals surface area contributed by atoms with Crippen LogP contribution in [0.2, 0.25) is 0 Å². The quantitative estimate of drug-likeness (QED) is 0.779. The van der Waals surface area contributed by atoms with Gasteiger partial charge in [0.25, 0.3) is 0 Å². The Morgan fingerprint density at radius 1 is 1.50 bits per heavy atom. The molecule has 1 aliphatic carbocycles. The molecule has 0 saturated heterocycles. The largest absolute Gasteiger partial charge is 0.491 e. The molecule has 0 heterocycles. The van der Waals surface area contributed by atoms with Crippen molar-refractivity contribution in [1.82, 2.24) is 0 Å². The number of hydrogen-bond donors (Lipinski definition) is 1. The molecule has 88 valence electrons. The lowest BCUT2D eigenvalue weighted by atomic mass is 10.1. The molecule has 2 nitrogen and oxygen atoms in total. The number of unbranched alkanes of at least 4 members (excludes halogenated alkanes) is 1. The molecule has 0 radical (unpaired) electrons. The van der Waals surface area contributed by atoms with Crippen LogP contribution >= 0.6 is 0 Å². The third-order valence-corrected chi connectivity index (χ3v) is 2.98. The SMILES string of the molecule is CCCCOc1ccc(C2CC2N)cc1F.